The molecule has 1 aromatic heterocycles. The van der Waals surface area contributed by atoms with Crippen LogP contribution in [0.5, 0.6) is 5.75 Å². The van der Waals surface area contributed by atoms with Crippen LogP contribution in [0.2, 0.25) is 0 Å². The molecule has 42 heavy (non-hydrogen) atoms. The maximum Gasteiger partial charge on any atom is 0.266 e. The van der Waals surface area contributed by atoms with E-state index in [-0.39, 0.29) is 11.7 Å². The Morgan fingerprint density at radius 3 is 2.26 bits per heavy atom. The van der Waals surface area contributed by atoms with E-state index in [1.165, 1.54) is 23.9 Å². The first-order valence-corrected chi connectivity index (χ1v) is 14.7. The molecule has 1 saturated heterocycles. The molecule has 5 aromatic rings. The zero-order chi connectivity index (χ0) is 28.9. The van der Waals surface area contributed by atoms with Gasteiger partial charge in [-0.25, -0.2) is 9.07 Å². The SMILES string of the molecule is O=C1/C(=C/c2cn(-c3ccccc3)nc2-c2ccc(OCc3ccc(F)cc3)cc2)SC(=S)N1CCc1ccccc1. The lowest BCUT2D eigenvalue weighted by atomic mass is 10.1. The Kier molecular flexibility index (Phi) is 8.26. The molecule has 8 heteroatoms. The van der Waals surface area contributed by atoms with E-state index in [1.54, 1.807) is 17.0 Å². The standard InChI is InChI=1S/C34H26FN3O2S2/c35-28-15-11-25(12-16-28)23-40-30-17-13-26(14-18-30)32-27(22-38(36-32)29-9-5-2-6-10-29)21-31-33(39)37(34(41)42-31)20-19-24-7-3-1-4-8-24/h1-18,21-22H,19-20,23H2/b31-21-. The lowest BCUT2D eigenvalue weighted by Gasteiger charge is -2.14. The van der Waals surface area contributed by atoms with Gasteiger partial charge in [0.05, 0.1) is 16.3 Å². The number of carbonyl (C=O) groups excluding carboxylic acids is 1. The Morgan fingerprint density at radius 2 is 1.55 bits per heavy atom. The Bertz CT molecular complexity index is 1740. The highest BCUT2D eigenvalue weighted by Gasteiger charge is 2.32. The monoisotopic (exact) mass is 591 g/mol. The second-order valence-corrected chi connectivity index (χ2v) is 11.4. The van der Waals surface area contributed by atoms with Crippen molar-refractivity contribution in [2.75, 3.05) is 6.54 Å². The Balaban J connectivity index is 1.25. The van der Waals surface area contributed by atoms with Crippen molar-refractivity contribution in [2.45, 2.75) is 13.0 Å². The fourth-order valence-corrected chi connectivity index (χ4v) is 5.91. The van der Waals surface area contributed by atoms with Crippen LogP contribution in [0.3, 0.4) is 0 Å². The van der Waals surface area contributed by atoms with E-state index in [9.17, 15) is 9.18 Å². The first-order chi connectivity index (χ1) is 20.5. The van der Waals surface area contributed by atoms with Gasteiger partial charge >= 0.3 is 0 Å². The first kappa shape index (κ1) is 27.6. The van der Waals surface area contributed by atoms with Crippen molar-refractivity contribution < 1.29 is 13.9 Å². The van der Waals surface area contributed by atoms with Gasteiger partial charge in [0, 0.05) is 23.9 Å². The number of rotatable bonds is 9. The summed E-state index contributed by atoms with van der Waals surface area (Å²) in [6.07, 6.45) is 4.54. The summed E-state index contributed by atoms with van der Waals surface area (Å²) in [6.45, 7) is 0.862. The van der Waals surface area contributed by atoms with Crippen LogP contribution in [-0.4, -0.2) is 31.5 Å². The van der Waals surface area contributed by atoms with Gasteiger partial charge in [-0.15, -0.1) is 0 Å². The van der Waals surface area contributed by atoms with Crippen molar-refractivity contribution in [3.05, 3.63) is 143 Å². The Labute approximate surface area is 253 Å². The predicted molar refractivity (Wildman–Crippen MR) is 170 cm³/mol. The predicted octanol–water partition coefficient (Wildman–Crippen LogP) is 7.70. The van der Waals surface area contributed by atoms with Gasteiger partial charge in [0.1, 0.15) is 22.5 Å². The number of carbonyl (C=O) groups is 1. The zero-order valence-corrected chi connectivity index (χ0v) is 24.2. The molecule has 2 heterocycles. The first-order valence-electron chi connectivity index (χ1n) is 13.5. The van der Waals surface area contributed by atoms with Crippen LogP contribution in [-0.2, 0) is 17.8 Å². The van der Waals surface area contributed by atoms with Gasteiger partial charge in [-0.05, 0) is 72.2 Å². The van der Waals surface area contributed by atoms with Crippen molar-refractivity contribution in [3.8, 4) is 22.7 Å². The van der Waals surface area contributed by atoms with Crippen LogP contribution in [0.1, 0.15) is 16.7 Å². The van der Waals surface area contributed by atoms with Crippen molar-refractivity contribution in [3.63, 3.8) is 0 Å². The highest BCUT2D eigenvalue weighted by Crippen LogP contribution is 2.35. The highest BCUT2D eigenvalue weighted by molar-refractivity contribution is 8.26. The molecule has 0 bridgehead atoms. The molecular weight excluding hydrogens is 566 g/mol. The molecule has 0 radical (unpaired) electrons. The number of para-hydroxylation sites is 1. The lowest BCUT2D eigenvalue weighted by Crippen LogP contribution is -2.30. The third kappa shape index (κ3) is 6.35. The molecule has 1 aliphatic rings. The van der Waals surface area contributed by atoms with E-state index < -0.39 is 0 Å². The summed E-state index contributed by atoms with van der Waals surface area (Å²) in [5.41, 5.74) is 5.37. The topological polar surface area (TPSA) is 47.4 Å². The number of thioether (sulfide) groups is 1. The molecule has 1 aliphatic heterocycles. The second kappa shape index (κ2) is 12.5. The number of halogens is 1. The maximum atomic E-state index is 13.4. The number of aromatic nitrogens is 2. The Morgan fingerprint density at radius 1 is 0.857 bits per heavy atom. The fourth-order valence-electron chi connectivity index (χ4n) is 4.61. The highest BCUT2D eigenvalue weighted by atomic mass is 32.2. The van der Waals surface area contributed by atoms with Gasteiger partial charge < -0.3 is 4.74 Å². The summed E-state index contributed by atoms with van der Waals surface area (Å²) >= 11 is 6.91. The zero-order valence-electron chi connectivity index (χ0n) is 22.5. The summed E-state index contributed by atoms with van der Waals surface area (Å²) in [6, 6.07) is 33.8. The molecule has 1 amide bonds. The number of benzene rings is 4. The third-order valence-electron chi connectivity index (χ3n) is 6.84. The van der Waals surface area contributed by atoms with E-state index in [0.29, 0.717) is 28.1 Å². The van der Waals surface area contributed by atoms with Gasteiger partial charge in [-0.1, -0.05) is 84.6 Å². The average molecular weight is 592 g/mol. The number of ether oxygens (including phenoxy) is 1. The smallest absolute Gasteiger partial charge is 0.266 e. The lowest BCUT2D eigenvalue weighted by molar-refractivity contribution is -0.122. The van der Waals surface area contributed by atoms with Crippen LogP contribution < -0.4 is 4.74 Å². The molecule has 0 aliphatic carbocycles. The van der Waals surface area contributed by atoms with Gasteiger partial charge in [0.15, 0.2) is 0 Å². The van der Waals surface area contributed by atoms with E-state index in [0.717, 1.165) is 40.1 Å². The second-order valence-electron chi connectivity index (χ2n) is 9.72. The maximum absolute atomic E-state index is 13.4. The summed E-state index contributed by atoms with van der Waals surface area (Å²) in [7, 11) is 0. The fraction of sp³-hybridized carbons (Fsp3) is 0.0882. The minimum Gasteiger partial charge on any atom is -0.489 e. The van der Waals surface area contributed by atoms with Gasteiger partial charge in [-0.3, -0.25) is 9.69 Å². The van der Waals surface area contributed by atoms with E-state index in [1.807, 2.05) is 89.8 Å². The van der Waals surface area contributed by atoms with Crippen LogP contribution in [0, 0.1) is 5.82 Å². The average Bonchev–Trinajstić information content (AvgIpc) is 3.56. The summed E-state index contributed by atoms with van der Waals surface area (Å²) in [5, 5.41) is 4.89. The molecule has 0 N–H and O–H groups in total. The Hall–Kier alpha value is -4.53. The van der Waals surface area contributed by atoms with Crippen molar-refractivity contribution >= 4 is 40.3 Å². The minimum atomic E-state index is -0.275. The minimum absolute atomic E-state index is 0.0936. The summed E-state index contributed by atoms with van der Waals surface area (Å²) in [4.78, 5) is 15.6. The van der Waals surface area contributed by atoms with E-state index in [4.69, 9.17) is 22.1 Å². The van der Waals surface area contributed by atoms with Crippen LogP contribution in [0.15, 0.2) is 120 Å². The van der Waals surface area contributed by atoms with Crippen molar-refractivity contribution in [2.24, 2.45) is 0 Å². The van der Waals surface area contributed by atoms with Crippen LogP contribution in [0.4, 0.5) is 4.39 Å². The van der Waals surface area contributed by atoms with E-state index >= 15 is 0 Å². The van der Waals surface area contributed by atoms with Gasteiger partial charge in [0.25, 0.3) is 5.91 Å². The number of hydrogen-bond donors (Lipinski definition) is 0. The molecule has 4 aromatic carbocycles. The van der Waals surface area contributed by atoms with Crippen LogP contribution in [0.25, 0.3) is 23.0 Å². The van der Waals surface area contributed by atoms with Crippen molar-refractivity contribution in [1.82, 2.24) is 14.7 Å². The summed E-state index contributed by atoms with van der Waals surface area (Å²) in [5.74, 6) is 0.318. The van der Waals surface area contributed by atoms with E-state index in [2.05, 4.69) is 12.1 Å². The van der Waals surface area contributed by atoms with Gasteiger partial charge in [0.2, 0.25) is 0 Å². The molecule has 6 rings (SSSR count). The molecule has 5 nitrogen and oxygen atoms in total. The number of hydrogen-bond acceptors (Lipinski definition) is 5. The number of amides is 1. The normalized spacial score (nSPS) is 14.1. The molecular formula is C34H26FN3O2S2. The number of thiocarbonyl (C=S) groups is 1. The largest absolute Gasteiger partial charge is 0.489 e. The third-order valence-corrected chi connectivity index (χ3v) is 8.21. The molecule has 0 spiro atoms. The van der Waals surface area contributed by atoms with Gasteiger partial charge in [-0.2, -0.15) is 5.10 Å². The van der Waals surface area contributed by atoms with Crippen molar-refractivity contribution in [1.29, 1.82) is 0 Å². The summed E-state index contributed by atoms with van der Waals surface area (Å²) < 4.78 is 21.5. The molecule has 0 saturated carbocycles. The quantitative estimate of drug-likeness (QED) is 0.130. The van der Waals surface area contributed by atoms with Crippen LogP contribution >= 0.6 is 24.0 Å². The molecule has 208 valence electrons. The molecule has 0 atom stereocenters. The number of nitrogens with zero attached hydrogens (tertiary/aromatic N) is 3. The molecule has 0 unspecified atom stereocenters. The molecule has 1 fully saturated rings.